The Morgan fingerprint density at radius 2 is 2.33 bits per heavy atom. The highest BCUT2D eigenvalue weighted by Crippen LogP contribution is 2.21. The van der Waals surface area contributed by atoms with Crippen LogP contribution in [0.2, 0.25) is 0 Å². The van der Waals surface area contributed by atoms with Crippen LogP contribution in [0.3, 0.4) is 0 Å². The van der Waals surface area contributed by atoms with Gasteiger partial charge in [-0.2, -0.15) is 0 Å². The lowest BCUT2D eigenvalue weighted by Crippen LogP contribution is -2.29. The Morgan fingerprint density at radius 1 is 1.67 bits per heavy atom. The van der Waals surface area contributed by atoms with Crippen molar-refractivity contribution in [2.45, 2.75) is 51.6 Å². The summed E-state index contributed by atoms with van der Waals surface area (Å²) >= 11 is 0. The molecule has 0 spiro atoms. The van der Waals surface area contributed by atoms with Gasteiger partial charge in [-0.25, -0.2) is 4.99 Å². The Bertz CT molecular complexity index is 274. The van der Waals surface area contributed by atoms with Crippen molar-refractivity contribution in [3.63, 3.8) is 0 Å². The van der Waals surface area contributed by atoms with E-state index in [1.807, 2.05) is 20.8 Å². The van der Waals surface area contributed by atoms with E-state index in [9.17, 15) is 10.1 Å². The molecule has 0 radical (unpaired) electrons. The number of aliphatic imine (C=N–C) groups is 1. The van der Waals surface area contributed by atoms with Crippen LogP contribution in [-0.2, 0) is 4.74 Å². The molecule has 0 amide bonds. The fraction of sp³-hybridized carbons (Fsp3) is 0.900. The molecule has 1 aliphatic rings. The predicted molar refractivity (Wildman–Crippen MR) is 57.8 cm³/mol. The van der Waals surface area contributed by atoms with E-state index in [4.69, 9.17) is 4.74 Å². The third-order valence-electron chi connectivity index (χ3n) is 2.36. The molecule has 0 fully saturated rings. The fourth-order valence-electron chi connectivity index (χ4n) is 1.50. The zero-order valence-electron chi connectivity index (χ0n) is 9.52. The lowest BCUT2D eigenvalue weighted by atomic mass is 10.1. The molecule has 5 heteroatoms. The Morgan fingerprint density at radius 3 is 2.73 bits per heavy atom. The molecule has 15 heavy (non-hydrogen) atoms. The molecule has 1 unspecified atom stereocenters. The van der Waals surface area contributed by atoms with Gasteiger partial charge in [-0.15, -0.1) is 0 Å². The third-order valence-corrected chi connectivity index (χ3v) is 2.36. The van der Waals surface area contributed by atoms with Crippen LogP contribution in [0.5, 0.6) is 0 Å². The molecule has 0 saturated carbocycles. The van der Waals surface area contributed by atoms with E-state index in [1.54, 1.807) is 0 Å². The molecule has 0 aromatic carbocycles. The van der Waals surface area contributed by atoms with Crippen LogP contribution in [-0.4, -0.2) is 29.0 Å². The van der Waals surface area contributed by atoms with Crippen molar-refractivity contribution in [1.29, 1.82) is 0 Å². The van der Waals surface area contributed by atoms with Crippen molar-refractivity contribution in [3.05, 3.63) is 10.1 Å². The Hall–Kier alpha value is -1.13. The highest BCUT2D eigenvalue weighted by molar-refractivity contribution is 5.82. The van der Waals surface area contributed by atoms with Crippen molar-refractivity contribution in [2.24, 2.45) is 4.99 Å². The van der Waals surface area contributed by atoms with E-state index in [0.717, 1.165) is 12.8 Å². The summed E-state index contributed by atoms with van der Waals surface area (Å²) in [5.41, 5.74) is -0.310. The van der Waals surface area contributed by atoms with Gasteiger partial charge in [-0.1, -0.05) is 13.3 Å². The lowest BCUT2D eigenvalue weighted by Gasteiger charge is -2.08. The van der Waals surface area contributed by atoms with Gasteiger partial charge in [0.1, 0.15) is 6.61 Å². The summed E-state index contributed by atoms with van der Waals surface area (Å²) in [4.78, 5) is 14.8. The Labute approximate surface area is 89.7 Å². The molecular formula is C10H18N2O3. The quantitative estimate of drug-likeness (QED) is 0.519. The van der Waals surface area contributed by atoms with Gasteiger partial charge in [0.05, 0.1) is 5.54 Å². The normalized spacial score (nSPS) is 20.6. The second-order valence-corrected chi connectivity index (χ2v) is 4.49. The summed E-state index contributed by atoms with van der Waals surface area (Å²) in [6.07, 6.45) is 2.29. The summed E-state index contributed by atoms with van der Waals surface area (Å²) in [6, 6.07) is -0.758. The topological polar surface area (TPSA) is 64.7 Å². The summed E-state index contributed by atoms with van der Waals surface area (Å²) in [5, 5.41) is 10.8. The van der Waals surface area contributed by atoms with Gasteiger partial charge in [0.2, 0.25) is 0 Å². The van der Waals surface area contributed by atoms with Crippen LogP contribution in [0, 0.1) is 10.1 Å². The highest BCUT2D eigenvalue weighted by Gasteiger charge is 2.36. The minimum atomic E-state index is -0.758. The monoisotopic (exact) mass is 214 g/mol. The van der Waals surface area contributed by atoms with Crippen LogP contribution in [0.1, 0.15) is 40.0 Å². The van der Waals surface area contributed by atoms with Gasteiger partial charge in [0.15, 0.2) is 0 Å². The number of nitrogens with zero attached hydrogens (tertiary/aromatic N) is 2. The van der Waals surface area contributed by atoms with Crippen LogP contribution in [0.4, 0.5) is 0 Å². The molecule has 0 aliphatic carbocycles. The molecule has 1 aliphatic heterocycles. The van der Waals surface area contributed by atoms with Gasteiger partial charge in [-0.05, 0) is 20.3 Å². The first-order valence-electron chi connectivity index (χ1n) is 5.32. The minimum Gasteiger partial charge on any atom is -0.473 e. The van der Waals surface area contributed by atoms with E-state index in [0.29, 0.717) is 18.9 Å². The standard InChI is InChI=1S/C10H18N2O3/c1-4-5-6-8(12(13)14)9-11-10(2,3)7-15-9/h8H,4-7H2,1-3H3. The van der Waals surface area contributed by atoms with Crippen molar-refractivity contribution >= 4 is 5.90 Å². The summed E-state index contributed by atoms with van der Waals surface area (Å²) in [7, 11) is 0. The van der Waals surface area contributed by atoms with Gasteiger partial charge in [-0.3, -0.25) is 10.1 Å². The largest absolute Gasteiger partial charge is 0.473 e. The average molecular weight is 214 g/mol. The maximum atomic E-state index is 10.8. The molecule has 0 saturated heterocycles. The molecular weight excluding hydrogens is 196 g/mol. The van der Waals surface area contributed by atoms with Crippen molar-refractivity contribution < 1.29 is 9.66 Å². The maximum absolute atomic E-state index is 10.8. The molecule has 86 valence electrons. The second kappa shape index (κ2) is 4.59. The molecule has 0 aromatic rings. The van der Waals surface area contributed by atoms with E-state index < -0.39 is 6.04 Å². The zero-order chi connectivity index (χ0) is 11.5. The molecule has 1 heterocycles. The Balaban J connectivity index is 2.69. The third kappa shape index (κ3) is 3.18. The molecule has 5 nitrogen and oxygen atoms in total. The van der Waals surface area contributed by atoms with Crippen LogP contribution in [0.15, 0.2) is 4.99 Å². The lowest BCUT2D eigenvalue weighted by molar-refractivity contribution is -0.506. The Kier molecular flexibility index (Phi) is 3.66. The summed E-state index contributed by atoms with van der Waals surface area (Å²) in [5.74, 6) is 0.304. The molecule has 0 aromatic heterocycles. The minimum absolute atomic E-state index is 0.296. The van der Waals surface area contributed by atoms with E-state index in [-0.39, 0.29) is 10.5 Å². The average Bonchev–Trinajstić information content (AvgIpc) is 2.46. The van der Waals surface area contributed by atoms with Crippen molar-refractivity contribution in [2.75, 3.05) is 6.61 Å². The molecule has 0 bridgehead atoms. The van der Waals surface area contributed by atoms with E-state index >= 15 is 0 Å². The van der Waals surface area contributed by atoms with Crippen LogP contribution >= 0.6 is 0 Å². The molecule has 1 rings (SSSR count). The van der Waals surface area contributed by atoms with Crippen molar-refractivity contribution in [3.8, 4) is 0 Å². The first kappa shape index (κ1) is 11.9. The maximum Gasteiger partial charge on any atom is 0.286 e. The van der Waals surface area contributed by atoms with Gasteiger partial charge < -0.3 is 4.74 Å². The van der Waals surface area contributed by atoms with E-state index in [2.05, 4.69) is 4.99 Å². The first-order chi connectivity index (χ1) is 6.96. The van der Waals surface area contributed by atoms with Gasteiger partial charge in [0, 0.05) is 11.3 Å². The van der Waals surface area contributed by atoms with Gasteiger partial charge >= 0.3 is 0 Å². The number of hydrogen-bond acceptors (Lipinski definition) is 4. The fourth-order valence-corrected chi connectivity index (χ4v) is 1.50. The predicted octanol–water partition coefficient (Wildman–Crippen LogP) is 2.03. The first-order valence-corrected chi connectivity index (χ1v) is 5.32. The number of ether oxygens (including phenoxy) is 1. The van der Waals surface area contributed by atoms with E-state index in [1.165, 1.54) is 0 Å². The van der Waals surface area contributed by atoms with Crippen LogP contribution in [0.25, 0.3) is 0 Å². The number of unbranched alkanes of at least 4 members (excludes halogenated alkanes) is 1. The second-order valence-electron chi connectivity index (χ2n) is 4.49. The van der Waals surface area contributed by atoms with Crippen molar-refractivity contribution in [1.82, 2.24) is 0 Å². The SMILES string of the molecule is CCCCC(C1=NC(C)(C)CO1)[N+](=O)[O-]. The number of nitro groups is 1. The smallest absolute Gasteiger partial charge is 0.286 e. The number of hydrogen-bond donors (Lipinski definition) is 0. The molecule has 1 atom stereocenters. The van der Waals surface area contributed by atoms with Gasteiger partial charge in [0.25, 0.3) is 11.9 Å². The molecule has 0 N–H and O–H groups in total. The number of rotatable bonds is 5. The highest BCUT2D eigenvalue weighted by atomic mass is 16.6. The summed E-state index contributed by atoms with van der Waals surface area (Å²) in [6.45, 7) is 6.28. The van der Waals surface area contributed by atoms with Crippen LogP contribution < -0.4 is 0 Å². The summed E-state index contributed by atoms with van der Waals surface area (Å²) < 4.78 is 5.30. The zero-order valence-corrected chi connectivity index (χ0v) is 9.52.